The zero-order valence-corrected chi connectivity index (χ0v) is 17.4. The van der Waals surface area contributed by atoms with Crippen molar-refractivity contribution in [1.82, 2.24) is 15.3 Å². The van der Waals surface area contributed by atoms with Gasteiger partial charge in [0.05, 0.1) is 16.9 Å². The molecule has 1 aromatic heterocycles. The first kappa shape index (κ1) is 19.2. The number of aromatic nitrogens is 2. The summed E-state index contributed by atoms with van der Waals surface area (Å²) < 4.78 is 5.86. The smallest absolute Gasteiger partial charge is 0.255 e. The van der Waals surface area contributed by atoms with E-state index >= 15 is 0 Å². The van der Waals surface area contributed by atoms with Crippen LogP contribution in [0.25, 0.3) is 0 Å². The Kier molecular flexibility index (Phi) is 4.78. The third-order valence-corrected chi connectivity index (χ3v) is 7.25. The van der Waals surface area contributed by atoms with Crippen molar-refractivity contribution in [1.29, 1.82) is 0 Å². The Hall–Kier alpha value is -1.73. The molecule has 7 nitrogen and oxygen atoms in total. The minimum atomic E-state index is -0.492. The average Bonchev–Trinajstić information content (AvgIpc) is 3.17. The van der Waals surface area contributed by atoms with Crippen LogP contribution in [0.3, 0.4) is 0 Å². The SMILES string of the molecule is CC(C)Nc1ncc(C(=O)NC2C3CC4CC2CC(O)(C4)C3)c([C@@H]2CCCO2)n1. The second-order valence-corrected chi connectivity index (χ2v) is 9.99. The van der Waals surface area contributed by atoms with Crippen LogP contribution in [0, 0.1) is 17.8 Å². The van der Waals surface area contributed by atoms with E-state index in [-0.39, 0.29) is 24.1 Å². The second kappa shape index (κ2) is 7.20. The minimum absolute atomic E-state index is 0.101. The van der Waals surface area contributed by atoms with E-state index < -0.39 is 5.60 Å². The van der Waals surface area contributed by atoms with Gasteiger partial charge in [0.2, 0.25) is 5.95 Å². The Morgan fingerprint density at radius 1 is 1.28 bits per heavy atom. The molecular weight excluding hydrogens is 368 g/mol. The molecule has 2 unspecified atom stereocenters. The lowest BCUT2D eigenvalue weighted by Gasteiger charge is -2.58. The van der Waals surface area contributed by atoms with Gasteiger partial charge in [-0.3, -0.25) is 4.79 Å². The molecule has 1 amide bonds. The largest absolute Gasteiger partial charge is 0.390 e. The topological polar surface area (TPSA) is 96.4 Å². The number of anilines is 1. The maximum atomic E-state index is 13.3. The molecule has 5 aliphatic rings. The molecule has 1 aromatic rings. The summed E-state index contributed by atoms with van der Waals surface area (Å²) in [5.74, 6) is 1.82. The van der Waals surface area contributed by atoms with Gasteiger partial charge in [0.1, 0.15) is 6.10 Å². The fourth-order valence-corrected chi connectivity index (χ4v) is 6.38. The van der Waals surface area contributed by atoms with Gasteiger partial charge in [-0.2, -0.15) is 0 Å². The van der Waals surface area contributed by atoms with Gasteiger partial charge in [-0.1, -0.05) is 0 Å². The molecule has 1 saturated heterocycles. The molecule has 158 valence electrons. The second-order valence-electron chi connectivity index (χ2n) is 9.99. The number of rotatable bonds is 5. The van der Waals surface area contributed by atoms with Crippen LogP contribution in [-0.4, -0.2) is 45.3 Å². The molecule has 2 heterocycles. The van der Waals surface area contributed by atoms with E-state index in [2.05, 4.69) is 20.6 Å². The maximum absolute atomic E-state index is 13.3. The zero-order valence-electron chi connectivity index (χ0n) is 17.4. The lowest BCUT2D eigenvalue weighted by molar-refractivity contribution is -0.136. The highest BCUT2D eigenvalue weighted by molar-refractivity contribution is 5.95. The summed E-state index contributed by atoms with van der Waals surface area (Å²) in [7, 11) is 0. The molecule has 0 spiro atoms. The maximum Gasteiger partial charge on any atom is 0.255 e. The lowest BCUT2D eigenvalue weighted by Crippen LogP contribution is -2.61. The van der Waals surface area contributed by atoms with Crippen molar-refractivity contribution < 1.29 is 14.6 Å². The molecule has 0 radical (unpaired) electrons. The molecule has 3 N–H and O–H groups in total. The van der Waals surface area contributed by atoms with Crippen molar-refractivity contribution in [3.8, 4) is 0 Å². The highest BCUT2D eigenvalue weighted by Crippen LogP contribution is 2.55. The van der Waals surface area contributed by atoms with Crippen molar-refractivity contribution in [2.24, 2.45) is 17.8 Å². The van der Waals surface area contributed by atoms with Crippen LogP contribution in [0.1, 0.15) is 80.9 Å². The van der Waals surface area contributed by atoms with Crippen LogP contribution in [-0.2, 0) is 4.74 Å². The standard InChI is InChI=1S/C22H32N4O3/c1-12(2)24-21-23-11-16(19(26-21)17-4-3-5-29-17)20(27)25-18-14-6-13-7-15(18)10-22(28,8-13)9-14/h11-15,17-18,28H,3-10H2,1-2H3,(H,25,27)(H,23,24,26)/t13?,14?,15?,17-,18?,22?/m0/s1. The van der Waals surface area contributed by atoms with E-state index in [1.54, 1.807) is 6.20 Å². The van der Waals surface area contributed by atoms with E-state index in [1.807, 2.05) is 13.8 Å². The Morgan fingerprint density at radius 2 is 2.03 bits per heavy atom. The van der Waals surface area contributed by atoms with Crippen molar-refractivity contribution in [2.45, 2.75) is 82.6 Å². The van der Waals surface area contributed by atoms with E-state index in [0.29, 0.717) is 41.6 Å². The van der Waals surface area contributed by atoms with E-state index in [9.17, 15) is 9.90 Å². The number of aliphatic hydroxyl groups is 1. The summed E-state index contributed by atoms with van der Waals surface area (Å²) in [4.78, 5) is 22.4. The van der Waals surface area contributed by atoms with E-state index in [4.69, 9.17) is 4.74 Å². The number of nitrogens with one attached hydrogen (secondary N) is 2. The Bertz CT molecular complexity index is 776. The van der Waals surface area contributed by atoms with Gasteiger partial charge < -0.3 is 20.5 Å². The monoisotopic (exact) mass is 400 g/mol. The first-order chi connectivity index (χ1) is 13.9. The van der Waals surface area contributed by atoms with Gasteiger partial charge in [0.15, 0.2) is 0 Å². The average molecular weight is 401 g/mol. The molecule has 6 rings (SSSR count). The normalized spacial score (nSPS) is 37.9. The minimum Gasteiger partial charge on any atom is -0.390 e. The fourth-order valence-electron chi connectivity index (χ4n) is 6.38. The molecule has 1 aliphatic heterocycles. The summed E-state index contributed by atoms with van der Waals surface area (Å²) in [6.07, 6.45) is 8.18. The molecule has 4 bridgehead atoms. The Morgan fingerprint density at radius 3 is 2.66 bits per heavy atom. The van der Waals surface area contributed by atoms with Gasteiger partial charge in [-0.15, -0.1) is 0 Å². The summed E-state index contributed by atoms with van der Waals surface area (Å²) in [6.45, 7) is 4.78. The Balaban J connectivity index is 1.38. The fraction of sp³-hybridized carbons (Fsp3) is 0.773. The molecule has 7 heteroatoms. The van der Waals surface area contributed by atoms with Crippen LogP contribution >= 0.6 is 0 Å². The van der Waals surface area contributed by atoms with Crippen molar-refractivity contribution in [3.05, 3.63) is 17.5 Å². The van der Waals surface area contributed by atoms with Crippen molar-refractivity contribution >= 4 is 11.9 Å². The van der Waals surface area contributed by atoms with Crippen LogP contribution in [0.2, 0.25) is 0 Å². The summed E-state index contributed by atoms with van der Waals surface area (Å²) in [5, 5.41) is 17.3. The number of amides is 1. The number of nitrogens with zero attached hydrogens (tertiary/aromatic N) is 2. The van der Waals surface area contributed by atoms with Crippen molar-refractivity contribution in [2.75, 3.05) is 11.9 Å². The number of hydrogen-bond acceptors (Lipinski definition) is 6. The number of carbonyl (C=O) groups is 1. The summed E-state index contributed by atoms with van der Waals surface area (Å²) >= 11 is 0. The van der Waals surface area contributed by atoms with Gasteiger partial charge in [0, 0.05) is 24.9 Å². The van der Waals surface area contributed by atoms with Gasteiger partial charge >= 0.3 is 0 Å². The highest BCUT2D eigenvalue weighted by Gasteiger charge is 2.55. The number of carbonyl (C=O) groups excluding carboxylic acids is 1. The molecule has 3 atom stereocenters. The molecular formula is C22H32N4O3. The van der Waals surface area contributed by atoms with Crippen LogP contribution in [0.4, 0.5) is 5.95 Å². The van der Waals surface area contributed by atoms with Crippen LogP contribution in [0.15, 0.2) is 6.20 Å². The molecule has 4 saturated carbocycles. The predicted octanol–water partition coefficient (Wildman–Crippen LogP) is 2.82. The van der Waals surface area contributed by atoms with Crippen LogP contribution in [0.5, 0.6) is 0 Å². The van der Waals surface area contributed by atoms with Gasteiger partial charge in [-0.25, -0.2) is 9.97 Å². The van der Waals surface area contributed by atoms with Gasteiger partial charge in [0.25, 0.3) is 5.91 Å². The Labute approximate surface area is 172 Å². The summed E-state index contributed by atoms with van der Waals surface area (Å²) in [6, 6.07) is 0.357. The molecule has 29 heavy (non-hydrogen) atoms. The predicted molar refractivity (Wildman–Crippen MR) is 108 cm³/mol. The van der Waals surface area contributed by atoms with Crippen LogP contribution < -0.4 is 10.6 Å². The number of ether oxygens (including phenoxy) is 1. The zero-order chi connectivity index (χ0) is 20.2. The highest BCUT2D eigenvalue weighted by atomic mass is 16.5. The summed E-state index contributed by atoms with van der Waals surface area (Å²) in [5.41, 5.74) is 0.729. The first-order valence-electron chi connectivity index (χ1n) is 11.2. The first-order valence-corrected chi connectivity index (χ1v) is 11.2. The van der Waals surface area contributed by atoms with Crippen molar-refractivity contribution in [3.63, 3.8) is 0 Å². The third kappa shape index (κ3) is 3.63. The third-order valence-electron chi connectivity index (χ3n) is 7.25. The van der Waals surface area contributed by atoms with Gasteiger partial charge in [-0.05, 0) is 76.5 Å². The number of hydrogen-bond donors (Lipinski definition) is 3. The lowest BCUT2D eigenvalue weighted by atomic mass is 9.52. The van der Waals surface area contributed by atoms with E-state index in [1.165, 1.54) is 0 Å². The quantitative estimate of drug-likeness (QED) is 0.703. The molecule has 0 aromatic carbocycles. The van der Waals surface area contributed by atoms with E-state index in [0.717, 1.165) is 44.9 Å². The molecule has 5 fully saturated rings. The molecule has 4 aliphatic carbocycles.